The van der Waals surface area contributed by atoms with Crippen molar-refractivity contribution in [3.8, 4) is 34.3 Å². The van der Waals surface area contributed by atoms with Crippen LogP contribution in [0, 0.1) is 0 Å². The third kappa shape index (κ3) is 5.07. The van der Waals surface area contributed by atoms with Gasteiger partial charge in [-0.25, -0.2) is 0 Å². The number of ether oxygens (including phenoxy) is 4. The van der Waals surface area contributed by atoms with Crippen molar-refractivity contribution < 1.29 is 28.5 Å². The SMILES string of the molecule is CCOc1ccc(-c2cc(C(=O)N3CCN(C(=O)c4cc(OC)c(OC)c(OC)c4)CC3)[nH]n2)cc1. The Balaban J connectivity index is 1.40. The van der Waals surface area contributed by atoms with Crippen LogP contribution in [-0.4, -0.2) is 85.9 Å². The van der Waals surface area contributed by atoms with Crippen LogP contribution in [0.1, 0.15) is 27.8 Å². The molecule has 2 aromatic carbocycles. The van der Waals surface area contributed by atoms with Gasteiger partial charge in [0.15, 0.2) is 11.5 Å². The summed E-state index contributed by atoms with van der Waals surface area (Å²) < 4.78 is 21.5. The summed E-state index contributed by atoms with van der Waals surface area (Å²) in [6.45, 7) is 4.16. The second-order valence-corrected chi connectivity index (χ2v) is 8.12. The molecule has 0 radical (unpaired) electrons. The number of nitrogens with one attached hydrogen (secondary N) is 1. The summed E-state index contributed by atoms with van der Waals surface area (Å²) in [5.41, 5.74) is 2.40. The molecule has 1 aromatic heterocycles. The standard InChI is InChI=1S/C26H30N4O6/c1-5-36-19-8-6-17(7-9-19)20-16-21(28-27-20)26(32)30-12-10-29(11-13-30)25(31)18-14-22(33-2)24(35-4)23(15-18)34-3/h6-9,14-16H,5,10-13H2,1-4H3,(H,27,28). The predicted octanol–water partition coefficient (Wildman–Crippen LogP) is 3.10. The van der Waals surface area contributed by atoms with E-state index in [4.69, 9.17) is 18.9 Å². The Labute approximate surface area is 209 Å². The van der Waals surface area contributed by atoms with E-state index in [9.17, 15) is 9.59 Å². The molecule has 0 spiro atoms. The van der Waals surface area contributed by atoms with Gasteiger partial charge in [-0.2, -0.15) is 5.10 Å². The van der Waals surface area contributed by atoms with Crippen molar-refractivity contribution in [1.82, 2.24) is 20.0 Å². The average Bonchev–Trinajstić information content (AvgIpc) is 3.42. The predicted molar refractivity (Wildman–Crippen MR) is 133 cm³/mol. The number of carbonyl (C=O) groups is 2. The highest BCUT2D eigenvalue weighted by molar-refractivity contribution is 5.96. The summed E-state index contributed by atoms with van der Waals surface area (Å²) in [4.78, 5) is 29.6. The molecule has 2 heterocycles. The van der Waals surface area contributed by atoms with E-state index in [1.807, 2.05) is 31.2 Å². The van der Waals surface area contributed by atoms with E-state index in [1.165, 1.54) is 21.3 Å². The molecule has 10 heteroatoms. The molecular formula is C26H30N4O6. The van der Waals surface area contributed by atoms with Crippen LogP contribution in [-0.2, 0) is 0 Å². The Hall–Kier alpha value is -4.21. The van der Waals surface area contributed by atoms with E-state index in [-0.39, 0.29) is 11.8 Å². The van der Waals surface area contributed by atoms with Gasteiger partial charge >= 0.3 is 0 Å². The minimum atomic E-state index is -0.166. The molecule has 1 fully saturated rings. The number of piperazine rings is 1. The minimum Gasteiger partial charge on any atom is -0.494 e. The number of hydrogen-bond donors (Lipinski definition) is 1. The van der Waals surface area contributed by atoms with Crippen LogP contribution >= 0.6 is 0 Å². The largest absolute Gasteiger partial charge is 0.494 e. The highest BCUT2D eigenvalue weighted by Gasteiger charge is 2.28. The Bertz CT molecular complexity index is 1190. The molecule has 0 atom stereocenters. The average molecular weight is 495 g/mol. The molecule has 1 N–H and O–H groups in total. The minimum absolute atomic E-state index is 0.153. The summed E-state index contributed by atoms with van der Waals surface area (Å²) >= 11 is 0. The van der Waals surface area contributed by atoms with Gasteiger partial charge in [0.2, 0.25) is 5.75 Å². The first kappa shape index (κ1) is 24.9. The fourth-order valence-corrected chi connectivity index (χ4v) is 4.14. The van der Waals surface area contributed by atoms with E-state index in [0.717, 1.165) is 11.3 Å². The molecule has 3 aromatic rings. The molecule has 2 amide bonds. The van der Waals surface area contributed by atoms with Gasteiger partial charge in [0.05, 0.1) is 33.6 Å². The second kappa shape index (κ2) is 11.0. The van der Waals surface area contributed by atoms with Crippen molar-refractivity contribution >= 4 is 11.8 Å². The van der Waals surface area contributed by atoms with Gasteiger partial charge in [0.25, 0.3) is 11.8 Å². The Morgan fingerprint density at radius 2 is 1.44 bits per heavy atom. The maximum Gasteiger partial charge on any atom is 0.272 e. The number of rotatable bonds is 8. The van der Waals surface area contributed by atoms with Crippen molar-refractivity contribution in [2.75, 3.05) is 54.1 Å². The molecule has 1 saturated heterocycles. The van der Waals surface area contributed by atoms with E-state index in [0.29, 0.717) is 67.0 Å². The number of aromatic nitrogens is 2. The number of nitrogens with zero attached hydrogens (tertiary/aromatic N) is 3. The zero-order chi connectivity index (χ0) is 25.7. The maximum absolute atomic E-state index is 13.2. The van der Waals surface area contributed by atoms with E-state index in [1.54, 1.807) is 28.0 Å². The zero-order valence-corrected chi connectivity index (χ0v) is 20.9. The molecule has 36 heavy (non-hydrogen) atoms. The van der Waals surface area contributed by atoms with Gasteiger partial charge in [-0.05, 0) is 49.4 Å². The van der Waals surface area contributed by atoms with E-state index < -0.39 is 0 Å². The van der Waals surface area contributed by atoms with Crippen LogP contribution in [0.5, 0.6) is 23.0 Å². The number of benzene rings is 2. The van der Waals surface area contributed by atoms with Crippen LogP contribution in [0.15, 0.2) is 42.5 Å². The van der Waals surface area contributed by atoms with Crippen molar-refractivity contribution in [1.29, 1.82) is 0 Å². The van der Waals surface area contributed by atoms with Crippen LogP contribution in [0.25, 0.3) is 11.3 Å². The number of aromatic amines is 1. The fraction of sp³-hybridized carbons (Fsp3) is 0.346. The molecule has 0 unspecified atom stereocenters. The molecular weight excluding hydrogens is 464 g/mol. The summed E-state index contributed by atoms with van der Waals surface area (Å²) in [7, 11) is 4.53. The summed E-state index contributed by atoms with van der Waals surface area (Å²) in [5.74, 6) is 1.72. The van der Waals surface area contributed by atoms with Crippen molar-refractivity contribution in [3.05, 3.63) is 53.7 Å². The van der Waals surface area contributed by atoms with Crippen molar-refractivity contribution in [2.24, 2.45) is 0 Å². The van der Waals surface area contributed by atoms with Gasteiger partial charge in [-0.1, -0.05) is 0 Å². The van der Waals surface area contributed by atoms with Crippen molar-refractivity contribution in [3.63, 3.8) is 0 Å². The first-order chi connectivity index (χ1) is 17.5. The van der Waals surface area contributed by atoms with Crippen LogP contribution in [0.3, 0.4) is 0 Å². The smallest absolute Gasteiger partial charge is 0.272 e. The lowest BCUT2D eigenvalue weighted by Gasteiger charge is -2.34. The lowest BCUT2D eigenvalue weighted by molar-refractivity contribution is 0.0532. The second-order valence-electron chi connectivity index (χ2n) is 8.12. The zero-order valence-electron chi connectivity index (χ0n) is 20.9. The number of amides is 2. The number of methoxy groups -OCH3 is 3. The summed E-state index contributed by atoms with van der Waals surface area (Å²) in [5, 5.41) is 7.14. The van der Waals surface area contributed by atoms with Gasteiger partial charge in [0, 0.05) is 37.3 Å². The van der Waals surface area contributed by atoms with Crippen LogP contribution in [0.2, 0.25) is 0 Å². The molecule has 190 valence electrons. The molecule has 0 aliphatic carbocycles. The van der Waals surface area contributed by atoms with Gasteiger partial charge in [0.1, 0.15) is 11.4 Å². The molecule has 1 aliphatic heterocycles. The highest BCUT2D eigenvalue weighted by Crippen LogP contribution is 2.38. The van der Waals surface area contributed by atoms with Crippen LogP contribution < -0.4 is 18.9 Å². The van der Waals surface area contributed by atoms with Crippen molar-refractivity contribution in [2.45, 2.75) is 6.92 Å². The van der Waals surface area contributed by atoms with Gasteiger partial charge in [-0.3, -0.25) is 14.7 Å². The van der Waals surface area contributed by atoms with E-state index >= 15 is 0 Å². The fourth-order valence-electron chi connectivity index (χ4n) is 4.14. The first-order valence-electron chi connectivity index (χ1n) is 11.7. The monoisotopic (exact) mass is 494 g/mol. The number of H-pyrrole nitrogens is 1. The molecule has 10 nitrogen and oxygen atoms in total. The lowest BCUT2D eigenvalue weighted by Crippen LogP contribution is -2.50. The summed E-state index contributed by atoms with van der Waals surface area (Å²) in [6.07, 6.45) is 0. The molecule has 0 saturated carbocycles. The third-order valence-corrected chi connectivity index (χ3v) is 6.04. The lowest BCUT2D eigenvalue weighted by atomic mass is 10.1. The molecule has 4 rings (SSSR count). The maximum atomic E-state index is 13.2. The van der Waals surface area contributed by atoms with Crippen LogP contribution in [0.4, 0.5) is 0 Å². The van der Waals surface area contributed by atoms with Gasteiger partial charge < -0.3 is 28.7 Å². The highest BCUT2D eigenvalue weighted by atomic mass is 16.5. The quantitative estimate of drug-likeness (QED) is 0.513. The topological polar surface area (TPSA) is 106 Å². The normalized spacial score (nSPS) is 13.3. The number of hydrogen-bond acceptors (Lipinski definition) is 7. The first-order valence-corrected chi connectivity index (χ1v) is 11.7. The Morgan fingerprint density at radius 1 is 0.861 bits per heavy atom. The molecule has 0 bridgehead atoms. The Kier molecular flexibility index (Phi) is 7.62. The number of carbonyl (C=O) groups excluding carboxylic acids is 2. The molecule has 1 aliphatic rings. The van der Waals surface area contributed by atoms with Gasteiger partial charge in [-0.15, -0.1) is 0 Å². The Morgan fingerprint density at radius 3 is 1.97 bits per heavy atom. The van der Waals surface area contributed by atoms with E-state index in [2.05, 4.69) is 10.2 Å². The summed E-state index contributed by atoms with van der Waals surface area (Å²) in [6, 6.07) is 12.6. The third-order valence-electron chi connectivity index (χ3n) is 6.04.